The van der Waals surface area contributed by atoms with Gasteiger partial charge in [0, 0.05) is 19.2 Å². The molecule has 0 saturated heterocycles. The molecular weight excluding hydrogens is 329 g/mol. The summed E-state index contributed by atoms with van der Waals surface area (Å²) in [7, 11) is -1.33. The summed E-state index contributed by atoms with van der Waals surface area (Å²) in [5.41, 5.74) is -0.749. The molecule has 0 aliphatic rings. The molecule has 2 N–H and O–H groups in total. The molecule has 0 saturated carbocycles. The van der Waals surface area contributed by atoms with Crippen molar-refractivity contribution in [2.45, 2.75) is 4.90 Å². The number of hydrogen-bond donors (Lipinski definition) is 2. The van der Waals surface area contributed by atoms with Crippen LogP contribution in [0.15, 0.2) is 17.0 Å². The lowest BCUT2D eigenvalue weighted by Crippen LogP contribution is -2.30. The van der Waals surface area contributed by atoms with Crippen LogP contribution < -0.4 is 14.8 Å². The number of methoxy groups -OCH3 is 1. The van der Waals surface area contributed by atoms with E-state index in [1.165, 1.54) is 0 Å². The van der Waals surface area contributed by atoms with E-state index in [-0.39, 0.29) is 19.0 Å². The van der Waals surface area contributed by atoms with Crippen molar-refractivity contribution >= 4 is 28.1 Å². The lowest BCUT2D eigenvalue weighted by molar-refractivity contribution is -0.386. The number of hydrogen-bond acceptors (Lipinski definition) is 6. The van der Waals surface area contributed by atoms with E-state index in [0.717, 1.165) is 13.2 Å². The lowest BCUT2D eigenvalue weighted by atomic mass is 10.3. The quantitative estimate of drug-likeness (QED) is 0.427. The van der Waals surface area contributed by atoms with Crippen LogP contribution in [0.3, 0.4) is 0 Å². The predicted molar refractivity (Wildman–Crippen MR) is 76.0 cm³/mol. The van der Waals surface area contributed by atoms with Gasteiger partial charge in [-0.05, 0) is 13.1 Å². The Morgan fingerprint density at radius 1 is 1.38 bits per heavy atom. The fourth-order valence-electron chi connectivity index (χ4n) is 1.44. The number of sulfonamides is 1. The molecule has 0 fully saturated rings. The van der Waals surface area contributed by atoms with Gasteiger partial charge < -0.3 is 10.1 Å². The summed E-state index contributed by atoms with van der Waals surface area (Å²) in [6.45, 7) is 0.431. The number of nitro groups is 1. The van der Waals surface area contributed by atoms with E-state index in [0.29, 0.717) is 12.6 Å². The molecule has 0 heterocycles. The highest BCUT2D eigenvalue weighted by molar-refractivity contribution is 7.89. The van der Waals surface area contributed by atoms with Gasteiger partial charge in [0.25, 0.3) is 0 Å². The van der Waals surface area contributed by atoms with Crippen molar-refractivity contribution in [3.05, 3.63) is 28.1 Å². The Labute approximate surface area is 127 Å². The third kappa shape index (κ3) is 4.77. The minimum atomic E-state index is -4.03. The Balaban J connectivity index is 0.00000400. The molecule has 8 nitrogen and oxygen atoms in total. The third-order valence-corrected chi connectivity index (χ3v) is 3.82. The van der Waals surface area contributed by atoms with Crippen LogP contribution in [0.4, 0.5) is 10.1 Å². The first-order valence-corrected chi connectivity index (χ1v) is 6.98. The molecule has 0 bridgehead atoms. The molecule has 0 radical (unpaired) electrons. The Kier molecular flexibility index (Phi) is 7.50. The van der Waals surface area contributed by atoms with Crippen LogP contribution in [-0.2, 0) is 10.0 Å². The molecule has 0 aromatic heterocycles. The summed E-state index contributed by atoms with van der Waals surface area (Å²) < 4.78 is 44.1. The average molecular weight is 344 g/mol. The highest BCUT2D eigenvalue weighted by Gasteiger charge is 2.25. The molecule has 0 unspecified atom stereocenters. The summed E-state index contributed by atoms with van der Waals surface area (Å²) in [5, 5.41) is 13.5. The van der Waals surface area contributed by atoms with E-state index in [2.05, 4.69) is 14.8 Å². The van der Waals surface area contributed by atoms with Crippen LogP contribution in [0.25, 0.3) is 0 Å². The SMILES string of the molecule is CNCCNS(=O)(=O)c1cc(F)c(OC)c([N+](=O)[O-])c1.Cl. The zero-order chi connectivity index (χ0) is 15.3. The monoisotopic (exact) mass is 343 g/mol. The van der Waals surface area contributed by atoms with Crippen LogP contribution in [0, 0.1) is 15.9 Å². The van der Waals surface area contributed by atoms with E-state index in [1.54, 1.807) is 7.05 Å². The van der Waals surface area contributed by atoms with Gasteiger partial charge in [-0.1, -0.05) is 0 Å². The first-order chi connectivity index (χ1) is 9.33. The first-order valence-electron chi connectivity index (χ1n) is 5.49. The number of ether oxygens (including phenoxy) is 1. The average Bonchev–Trinajstić information content (AvgIpc) is 2.37. The molecule has 11 heteroatoms. The van der Waals surface area contributed by atoms with Gasteiger partial charge in [0.2, 0.25) is 15.8 Å². The van der Waals surface area contributed by atoms with Crippen LogP contribution in [0.1, 0.15) is 0 Å². The molecule has 120 valence electrons. The lowest BCUT2D eigenvalue weighted by Gasteiger charge is -2.08. The highest BCUT2D eigenvalue weighted by atomic mass is 35.5. The van der Waals surface area contributed by atoms with E-state index in [9.17, 15) is 22.9 Å². The van der Waals surface area contributed by atoms with E-state index in [4.69, 9.17) is 0 Å². The van der Waals surface area contributed by atoms with Crippen LogP contribution in [0.5, 0.6) is 5.75 Å². The Bertz CT molecular complexity index is 611. The second-order valence-corrected chi connectivity index (χ2v) is 5.48. The van der Waals surface area contributed by atoms with Gasteiger partial charge in [-0.2, -0.15) is 0 Å². The molecule has 21 heavy (non-hydrogen) atoms. The molecule has 0 spiro atoms. The Hall–Kier alpha value is -1.49. The fraction of sp³-hybridized carbons (Fsp3) is 0.400. The van der Waals surface area contributed by atoms with Crippen LogP contribution in [-0.4, -0.2) is 40.6 Å². The van der Waals surface area contributed by atoms with Crippen molar-refractivity contribution in [2.24, 2.45) is 0 Å². The summed E-state index contributed by atoms with van der Waals surface area (Å²) in [4.78, 5) is 9.37. The number of nitro benzene ring substituents is 1. The number of rotatable bonds is 7. The van der Waals surface area contributed by atoms with E-state index >= 15 is 0 Å². The maximum Gasteiger partial charge on any atom is 0.315 e. The molecule has 1 rings (SSSR count). The van der Waals surface area contributed by atoms with Crippen LogP contribution in [0.2, 0.25) is 0 Å². The molecule has 1 aromatic rings. The van der Waals surface area contributed by atoms with Gasteiger partial charge in [0.05, 0.1) is 16.9 Å². The van der Waals surface area contributed by atoms with Gasteiger partial charge >= 0.3 is 5.69 Å². The molecule has 0 amide bonds. The minimum absolute atomic E-state index is 0. The Morgan fingerprint density at radius 3 is 2.48 bits per heavy atom. The summed E-state index contributed by atoms with van der Waals surface area (Å²) in [6, 6.07) is 1.43. The molecule has 0 aliphatic carbocycles. The number of nitrogens with one attached hydrogen (secondary N) is 2. The zero-order valence-electron chi connectivity index (χ0n) is 11.3. The second kappa shape index (κ2) is 8.08. The van der Waals surface area contributed by atoms with Crippen molar-refractivity contribution in [3.8, 4) is 5.75 Å². The van der Waals surface area contributed by atoms with Gasteiger partial charge in [0.15, 0.2) is 5.82 Å². The second-order valence-electron chi connectivity index (χ2n) is 3.72. The third-order valence-electron chi connectivity index (χ3n) is 2.38. The number of benzene rings is 1. The molecular formula is C10H15ClFN3O5S. The molecule has 0 aliphatic heterocycles. The summed E-state index contributed by atoms with van der Waals surface area (Å²) in [5.74, 6) is -1.72. The predicted octanol–water partition coefficient (Wildman–Crippen LogP) is 0.662. The number of nitrogens with zero attached hydrogens (tertiary/aromatic N) is 1. The van der Waals surface area contributed by atoms with Crippen molar-refractivity contribution in [3.63, 3.8) is 0 Å². The van der Waals surface area contributed by atoms with Crippen molar-refractivity contribution in [2.75, 3.05) is 27.2 Å². The zero-order valence-corrected chi connectivity index (χ0v) is 12.9. The fourth-order valence-corrected chi connectivity index (χ4v) is 2.50. The smallest absolute Gasteiger partial charge is 0.315 e. The first kappa shape index (κ1) is 19.5. The van der Waals surface area contributed by atoms with Gasteiger partial charge in [0.1, 0.15) is 0 Å². The maximum absolute atomic E-state index is 13.7. The Morgan fingerprint density at radius 2 is 2.00 bits per heavy atom. The minimum Gasteiger partial charge on any atom is -0.488 e. The molecule has 1 aromatic carbocycles. The van der Waals surface area contributed by atoms with E-state index < -0.39 is 37.1 Å². The van der Waals surface area contributed by atoms with Crippen LogP contribution >= 0.6 is 12.4 Å². The standard InChI is InChI=1S/C10H14FN3O5S.ClH/c1-12-3-4-13-20(17,18)7-5-8(11)10(19-2)9(6-7)14(15)16;/h5-6,12-13H,3-4H2,1-2H3;1H. The number of halogens is 2. The summed E-state index contributed by atoms with van der Waals surface area (Å²) in [6.07, 6.45) is 0. The normalized spacial score (nSPS) is 10.8. The maximum atomic E-state index is 13.7. The summed E-state index contributed by atoms with van der Waals surface area (Å²) >= 11 is 0. The van der Waals surface area contributed by atoms with Gasteiger partial charge in [-0.15, -0.1) is 12.4 Å². The van der Waals surface area contributed by atoms with E-state index in [1.807, 2.05) is 0 Å². The topological polar surface area (TPSA) is 111 Å². The van der Waals surface area contributed by atoms with Crippen molar-refractivity contribution in [1.29, 1.82) is 0 Å². The van der Waals surface area contributed by atoms with Gasteiger partial charge in [-0.25, -0.2) is 17.5 Å². The largest absolute Gasteiger partial charge is 0.488 e. The van der Waals surface area contributed by atoms with Crippen molar-refractivity contribution in [1.82, 2.24) is 10.0 Å². The number of likely N-dealkylation sites (N-methyl/N-ethyl adjacent to an activating group) is 1. The van der Waals surface area contributed by atoms with Gasteiger partial charge in [-0.3, -0.25) is 10.1 Å². The highest BCUT2D eigenvalue weighted by Crippen LogP contribution is 2.32. The van der Waals surface area contributed by atoms with Crippen molar-refractivity contribution < 1.29 is 22.5 Å². The molecule has 0 atom stereocenters.